The molecule has 0 atom stereocenters. The summed E-state index contributed by atoms with van der Waals surface area (Å²) in [5.74, 6) is -0.388. The first kappa shape index (κ1) is 17.5. The first-order chi connectivity index (χ1) is 13.7. The van der Waals surface area contributed by atoms with Crippen molar-refractivity contribution in [1.29, 1.82) is 0 Å². The van der Waals surface area contributed by atoms with Crippen molar-refractivity contribution in [2.75, 3.05) is 10.6 Å². The van der Waals surface area contributed by atoms with Crippen LogP contribution in [0.5, 0.6) is 0 Å². The fourth-order valence-corrected chi connectivity index (χ4v) is 3.09. The zero-order valence-electron chi connectivity index (χ0n) is 15.1. The van der Waals surface area contributed by atoms with E-state index in [1.54, 1.807) is 42.5 Å². The lowest BCUT2D eigenvalue weighted by atomic mass is 10.0. The molecular formula is C24H18N2O2. The predicted octanol–water partition coefficient (Wildman–Crippen LogP) is 5.34. The number of fused-ring (bicyclic) bond motifs is 1. The standard InChI is InChI=1S/C24H18N2O2/c27-23(18-9-2-1-3-10-18)25-19-12-7-13-20(16-19)26-24(28)22-15-6-11-17-8-4-5-14-21(17)22/h1-16H,(H,25,27)(H,26,28). The Morgan fingerprint density at radius 1 is 0.571 bits per heavy atom. The molecule has 0 aromatic heterocycles. The first-order valence-electron chi connectivity index (χ1n) is 8.96. The Kier molecular flexibility index (Phi) is 4.85. The van der Waals surface area contributed by atoms with Crippen LogP contribution in [-0.2, 0) is 0 Å². The van der Waals surface area contributed by atoms with Gasteiger partial charge in [0.25, 0.3) is 11.8 Å². The molecule has 0 fully saturated rings. The third-order valence-corrected chi connectivity index (χ3v) is 4.45. The fourth-order valence-electron chi connectivity index (χ4n) is 3.09. The molecule has 28 heavy (non-hydrogen) atoms. The Balaban J connectivity index is 1.53. The SMILES string of the molecule is O=C(Nc1cccc(NC(=O)c2cccc3ccccc23)c1)c1ccccc1. The van der Waals surface area contributed by atoms with Gasteiger partial charge in [0.1, 0.15) is 0 Å². The number of carbonyl (C=O) groups is 2. The van der Waals surface area contributed by atoms with Gasteiger partial charge in [-0.15, -0.1) is 0 Å². The van der Waals surface area contributed by atoms with Crippen LogP contribution in [0.15, 0.2) is 97.1 Å². The Bertz CT molecular complexity index is 1150. The van der Waals surface area contributed by atoms with E-state index in [1.165, 1.54) is 0 Å². The zero-order chi connectivity index (χ0) is 19.3. The quantitative estimate of drug-likeness (QED) is 0.512. The molecule has 2 amide bonds. The van der Waals surface area contributed by atoms with Gasteiger partial charge in [-0.2, -0.15) is 0 Å². The summed E-state index contributed by atoms with van der Waals surface area (Å²) in [5.41, 5.74) is 2.41. The van der Waals surface area contributed by atoms with E-state index in [-0.39, 0.29) is 11.8 Å². The highest BCUT2D eigenvalue weighted by molar-refractivity contribution is 6.13. The Hall–Kier alpha value is -3.92. The maximum absolute atomic E-state index is 12.8. The molecule has 2 N–H and O–H groups in total. The van der Waals surface area contributed by atoms with Crippen LogP contribution in [0.4, 0.5) is 11.4 Å². The van der Waals surface area contributed by atoms with Gasteiger partial charge in [-0.05, 0) is 47.2 Å². The minimum atomic E-state index is -0.196. The highest BCUT2D eigenvalue weighted by Crippen LogP contribution is 2.21. The van der Waals surface area contributed by atoms with Crippen LogP contribution in [0, 0.1) is 0 Å². The summed E-state index contributed by atoms with van der Waals surface area (Å²) < 4.78 is 0. The van der Waals surface area contributed by atoms with Crippen LogP contribution in [0.1, 0.15) is 20.7 Å². The van der Waals surface area contributed by atoms with E-state index in [0.717, 1.165) is 10.8 Å². The van der Waals surface area contributed by atoms with E-state index in [4.69, 9.17) is 0 Å². The molecule has 0 aliphatic heterocycles. The van der Waals surface area contributed by atoms with Gasteiger partial charge in [-0.25, -0.2) is 0 Å². The maximum Gasteiger partial charge on any atom is 0.256 e. The molecule has 136 valence electrons. The lowest BCUT2D eigenvalue weighted by Crippen LogP contribution is -2.14. The summed E-state index contributed by atoms with van der Waals surface area (Å²) in [6, 6.07) is 29.5. The zero-order valence-corrected chi connectivity index (χ0v) is 15.1. The number of rotatable bonds is 4. The Labute approximate surface area is 162 Å². The molecule has 0 aliphatic carbocycles. The van der Waals surface area contributed by atoms with Crippen molar-refractivity contribution in [2.24, 2.45) is 0 Å². The molecule has 4 nitrogen and oxygen atoms in total. The molecule has 0 spiro atoms. The summed E-state index contributed by atoms with van der Waals surface area (Å²) in [6.07, 6.45) is 0. The molecule has 0 heterocycles. The second-order valence-corrected chi connectivity index (χ2v) is 6.38. The highest BCUT2D eigenvalue weighted by atomic mass is 16.2. The van der Waals surface area contributed by atoms with Gasteiger partial charge in [-0.3, -0.25) is 9.59 Å². The van der Waals surface area contributed by atoms with Gasteiger partial charge in [0.15, 0.2) is 0 Å². The van der Waals surface area contributed by atoms with Crippen molar-refractivity contribution in [3.8, 4) is 0 Å². The molecule has 0 aliphatic rings. The van der Waals surface area contributed by atoms with Gasteiger partial charge in [0.05, 0.1) is 0 Å². The molecule has 0 radical (unpaired) electrons. The van der Waals surface area contributed by atoms with Crippen LogP contribution in [0.2, 0.25) is 0 Å². The molecule has 0 unspecified atom stereocenters. The molecule has 0 bridgehead atoms. The van der Waals surface area contributed by atoms with E-state index in [2.05, 4.69) is 10.6 Å². The van der Waals surface area contributed by atoms with Crippen LogP contribution < -0.4 is 10.6 Å². The van der Waals surface area contributed by atoms with E-state index < -0.39 is 0 Å². The number of anilines is 2. The molecule has 4 aromatic rings. The number of hydrogen-bond donors (Lipinski definition) is 2. The number of carbonyl (C=O) groups excluding carboxylic acids is 2. The highest BCUT2D eigenvalue weighted by Gasteiger charge is 2.11. The fraction of sp³-hybridized carbons (Fsp3) is 0. The van der Waals surface area contributed by atoms with Gasteiger partial charge in [-0.1, -0.05) is 60.7 Å². The average Bonchev–Trinajstić information content (AvgIpc) is 2.74. The summed E-state index contributed by atoms with van der Waals surface area (Å²) in [7, 11) is 0. The van der Waals surface area contributed by atoms with E-state index >= 15 is 0 Å². The first-order valence-corrected chi connectivity index (χ1v) is 8.96. The normalized spacial score (nSPS) is 10.4. The topological polar surface area (TPSA) is 58.2 Å². The maximum atomic E-state index is 12.8. The van der Waals surface area contributed by atoms with Gasteiger partial charge < -0.3 is 10.6 Å². The number of benzene rings is 4. The Morgan fingerprint density at radius 2 is 1.18 bits per heavy atom. The lowest BCUT2D eigenvalue weighted by molar-refractivity contribution is 0.102. The van der Waals surface area contributed by atoms with Crippen molar-refractivity contribution >= 4 is 34.0 Å². The number of nitrogens with one attached hydrogen (secondary N) is 2. The van der Waals surface area contributed by atoms with E-state index in [0.29, 0.717) is 22.5 Å². The number of amides is 2. The molecule has 4 heteroatoms. The van der Waals surface area contributed by atoms with Gasteiger partial charge in [0.2, 0.25) is 0 Å². The molecule has 0 saturated carbocycles. The summed E-state index contributed by atoms with van der Waals surface area (Å²) in [4.78, 5) is 25.1. The second-order valence-electron chi connectivity index (χ2n) is 6.38. The van der Waals surface area contributed by atoms with Crippen molar-refractivity contribution in [3.05, 3.63) is 108 Å². The van der Waals surface area contributed by atoms with Crippen molar-refractivity contribution in [2.45, 2.75) is 0 Å². The van der Waals surface area contributed by atoms with Crippen LogP contribution >= 0.6 is 0 Å². The van der Waals surface area contributed by atoms with Gasteiger partial charge in [0, 0.05) is 22.5 Å². The van der Waals surface area contributed by atoms with Gasteiger partial charge >= 0.3 is 0 Å². The summed E-state index contributed by atoms with van der Waals surface area (Å²) >= 11 is 0. The Morgan fingerprint density at radius 3 is 1.96 bits per heavy atom. The molecule has 0 saturated heterocycles. The van der Waals surface area contributed by atoms with Crippen LogP contribution in [0.25, 0.3) is 10.8 Å². The smallest absolute Gasteiger partial charge is 0.256 e. The molecule has 4 aromatic carbocycles. The van der Waals surface area contributed by atoms with Crippen molar-refractivity contribution in [1.82, 2.24) is 0 Å². The summed E-state index contributed by atoms with van der Waals surface area (Å²) in [6.45, 7) is 0. The minimum absolute atomic E-state index is 0.191. The van der Waals surface area contributed by atoms with Crippen LogP contribution in [-0.4, -0.2) is 11.8 Å². The minimum Gasteiger partial charge on any atom is -0.322 e. The third-order valence-electron chi connectivity index (χ3n) is 4.45. The van der Waals surface area contributed by atoms with Crippen molar-refractivity contribution < 1.29 is 9.59 Å². The average molecular weight is 366 g/mol. The number of hydrogen-bond acceptors (Lipinski definition) is 2. The van der Waals surface area contributed by atoms with E-state index in [9.17, 15) is 9.59 Å². The summed E-state index contributed by atoms with van der Waals surface area (Å²) in [5, 5.41) is 7.68. The van der Waals surface area contributed by atoms with Crippen LogP contribution in [0.3, 0.4) is 0 Å². The third kappa shape index (κ3) is 3.76. The van der Waals surface area contributed by atoms with Crippen molar-refractivity contribution in [3.63, 3.8) is 0 Å². The molecule has 4 rings (SSSR count). The molecular weight excluding hydrogens is 348 g/mol. The second kappa shape index (κ2) is 7.76. The lowest BCUT2D eigenvalue weighted by Gasteiger charge is -2.10. The van der Waals surface area contributed by atoms with E-state index in [1.807, 2.05) is 54.6 Å². The predicted molar refractivity (Wildman–Crippen MR) is 113 cm³/mol. The largest absolute Gasteiger partial charge is 0.322 e. The monoisotopic (exact) mass is 366 g/mol.